The number of aromatic nitrogens is 2. The van der Waals surface area contributed by atoms with Crippen molar-refractivity contribution in [3.63, 3.8) is 0 Å². The molecule has 2 aromatic carbocycles. The van der Waals surface area contributed by atoms with Gasteiger partial charge in [-0.15, -0.1) is 0 Å². The average Bonchev–Trinajstić information content (AvgIpc) is 3.19. The number of halogens is 1. The van der Waals surface area contributed by atoms with Crippen molar-refractivity contribution >= 4 is 21.8 Å². The lowest BCUT2D eigenvalue weighted by atomic mass is 9.95. The maximum Gasteiger partial charge on any atom is 0.223 e. The number of carbonyl (C=O) groups excluding carboxylic acids is 1. The zero-order valence-corrected chi connectivity index (χ0v) is 19.5. The largest absolute Gasteiger partial charge is 0.352 e. The number of hydrogen-bond donors (Lipinski definition) is 1. The minimum atomic E-state index is 0.115. The van der Waals surface area contributed by atoms with Gasteiger partial charge in [0.2, 0.25) is 5.91 Å². The van der Waals surface area contributed by atoms with E-state index in [0.717, 1.165) is 54.9 Å². The van der Waals surface area contributed by atoms with Crippen LogP contribution in [0.5, 0.6) is 0 Å². The van der Waals surface area contributed by atoms with Crippen molar-refractivity contribution in [2.24, 2.45) is 5.92 Å². The summed E-state index contributed by atoms with van der Waals surface area (Å²) in [5.74, 6) is 1.31. The van der Waals surface area contributed by atoms with Crippen LogP contribution in [0.25, 0.3) is 0 Å². The van der Waals surface area contributed by atoms with Gasteiger partial charge >= 0.3 is 0 Å². The molecule has 3 aromatic rings. The molecule has 162 valence electrons. The maximum absolute atomic E-state index is 12.6. The van der Waals surface area contributed by atoms with E-state index in [1.807, 2.05) is 19.3 Å². The van der Waals surface area contributed by atoms with Gasteiger partial charge in [0, 0.05) is 42.4 Å². The van der Waals surface area contributed by atoms with Gasteiger partial charge in [0.1, 0.15) is 5.82 Å². The number of aryl methyl sites for hydroxylation is 1. The number of benzene rings is 2. The molecule has 1 saturated heterocycles. The van der Waals surface area contributed by atoms with Gasteiger partial charge < -0.3 is 9.88 Å². The molecule has 0 saturated carbocycles. The Morgan fingerprint density at radius 1 is 1.00 bits per heavy atom. The van der Waals surface area contributed by atoms with Crippen molar-refractivity contribution in [1.29, 1.82) is 0 Å². The van der Waals surface area contributed by atoms with Crippen LogP contribution in [0.4, 0.5) is 0 Å². The van der Waals surface area contributed by atoms with Crippen molar-refractivity contribution in [1.82, 2.24) is 19.8 Å². The summed E-state index contributed by atoms with van der Waals surface area (Å²) in [4.78, 5) is 19.3. The fraction of sp³-hybridized carbons (Fsp3) is 0.360. The molecule has 1 aliphatic rings. The number of imidazole rings is 1. The molecular formula is C25H29BrN4O. The van der Waals surface area contributed by atoms with Crippen LogP contribution in [-0.2, 0) is 24.4 Å². The fourth-order valence-corrected chi connectivity index (χ4v) is 4.33. The Labute approximate surface area is 192 Å². The number of amides is 1. The third-order valence-electron chi connectivity index (χ3n) is 6.04. The maximum atomic E-state index is 12.6. The first kappa shape index (κ1) is 21.8. The predicted molar refractivity (Wildman–Crippen MR) is 126 cm³/mol. The van der Waals surface area contributed by atoms with E-state index in [1.165, 1.54) is 11.1 Å². The highest BCUT2D eigenvalue weighted by Crippen LogP contribution is 2.20. The SMILES string of the molecule is Cc1nccn1Cc1ccc(CNC(=O)C2CCN(Cc3ccc(Br)cc3)CC2)cc1. The second-order valence-corrected chi connectivity index (χ2v) is 9.23. The summed E-state index contributed by atoms with van der Waals surface area (Å²) in [6, 6.07) is 16.9. The van der Waals surface area contributed by atoms with Gasteiger partial charge in [-0.2, -0.15) is 0 Å². The van der Waals surface area contributed by atoms with Crippen molar-refractivity contribution < 1.29 is 4.79 Å². The topological polar surface area (TPSA) is 50.2 Å². The lowest BCUT2D eigenvalue weighted by molar-refractivity contribution is -0.126. The number of nitrogens with one attached hydrogen (secondary N) is 1. The van der Waals surface area contributed by atoms with Crippen LogP contribution >= 0.6 is 15.9 Å². The molecule has 0 atom stereocenters. The predicted octanol–water partition coefficient (Wildman–Crippen LogP) is 4.53. The van der Waals surface area contributed by atoms with E-state index in [4.69, 9.17) is 0 Å². The molecule has 1 aliphatic heterocycles. The summed E-state index contributed by atoms with van der Waals surface area (Å²) in [5.41, 5.74) is 3.68. The van der Waals surface area contributed by atoms with Gasteiger partial charge in [0.15, 0.2) is 0 Å². The van der Waals surface area contributed by atoms with Gasteiger partial charge in [0.25, 0.3) is 0 Å². The van der Waals surface area contributed by atoms with Gasteiger partial charge in [-0.1, -0.05) is 52.3 Å². The van der Waals surface area contributed by atoms with E-state index in [-0.39, 0.29) is 11.8 Å². The second kappa shape index (κ2) is 10.2. The van der Waals surface area contributed by atoms with Gasteiger partial charge in [-0.05, 0) is 61.7 Å². The van der Waals surface area contributed by atoms with Gasteiger partial charge in [-0.25, -0.2) is 4.98 Å². The average molecular weight is 481 g/mol. The van der Waals surface area contributed by atoms with Gasteiger partial charge in [-0.3, -0.25) is 9.69 Å². The Bertz CT molecular complexity index is 989. The van der Waals surface area contributed by atoms with E-state index < -0.39 is 0 Å². The summed E-state index contributed by atoms with van der Waals surface area (Å²) in [6.07, 6.45) is 5.66. The summed E-state index contributed by atoms with van der Waals surface area (Å²) >= 11 is 3.48. The number of carbonyl (C=O) groups is 1. The summed E-state index contributed by atoms with van der Waals surface area (Å²) in [7, 11) is 0. The van der Waals surface area contributed by atoms with E-state index in [0.29, 0.717) is 6.54 Å². The number of nitrogens with zero attached hydrogens (tertiary/aromatic N) is 3. The number of piperidine rings is 1. The molecule has 1 N–H and O–H groups in total. The molecule has 5 nitrogen and oxygen atoms in total. The van der Waals surface area contributed by atoms with Crippen molar-refractivity contribution in [3.8, 4) is 0 Å². The molecule has 31 heavy (non-hydrogen) atoms. The standard InChI is InChI=1S/C25H29BrN4O/c1-19-27-12-15-30(19)18-22-4-2-20(3-5-22)16-28-25(31)23-10-13-29(14-11-23)17-21-6-8-24(26)9-7-21/h2-9,12,15,23H,10-11,13-14,16-18H2,1H3,(H,28,31). The molecule has 0 unspecified atom stereocenters. The highest BCUT2D eigenvalue weighted by Gasteiger charge is 2.24. The fourth-order valence-electron chi connectivity index (χ4n) is 4.06. The highest BCUT2D eigenvalue weighted by atomic mass is 79.9. The Morgan fingerprint density at radius 2 is 1.61 bits per heavy atom. The molecular weight excluding hydrogens is 452 g/mol. The third-order valence-corrected chi connectivity index (χ3v) is 6.57. The van der Waals surface area contributed by atoms with Crippen LogP contribution in [0.15, 0.2) is 65.4 Å². The van der Waals surface area contributed by atoms with E-state index >= 15 is 0 Å². The second-order valence-electron chi connectivity index (χ2n) is 8.31. The van der Waals surface area contributed by atoms with E-state index in [9.17, 15) is 4.79 Å². The Balaban J connectivity index is 1.20. The molecule has 0 aliphatic carbocycles. The highest BCUT2D eigenvalue weighted by molar-refractivity contribution is 9.10. The zero-order valence-electron chi connectivity index (χ0n) is 17.9. The summed E-state index contributed by atoms with van der Waals surface area (Å²) in [5, 5.41) is 3.14. The minimum absolute atomic E-state index is 0.115. The summed E-state index contributed by atoms with van der Waals surface area (Å²) < 4.78 is 3.23. The smallest absolute Gasteiger partial charge is 0.223 e. The van der Waals surface area contributed by atoms with Crippen LogP contribution in [0.1, 0.15) is 35.4 Å². The van der Waals surface area contributed by atoms with E-state index in [2.05, 4.69) is 84.2 Å². The normalized spacial score (nSPS) is 15.2. The first-order valence-corrected chi connectivity index (χ1v) is 11.7. The van der Waals surface area contributed by atoms with Crippen LogP contribution in [0.2, 0.25) is 0 Å². The zero-order chi connectivity index (χ0) is 21.6. The summed E-state index contributed by atoms with van der Waals surface area (Å²) in [6.45, 7) is 6.30. The Kier molecular flexibility index (Phi) is 7.20. The molecule has 0 bridgehead atoms. The molecule has 0 radical (unpaired) electrons. The van der Waals surface area contributed by atoms with Crippen molar-refractivity contribution in [2.75, 3.05) is 13.1 Å². The quantitative estimate of drug-likeness (QED) is 0.540. The number of rotatable bonds is 7. The molecule has 1 aromatic heterocycles. The lowest BCUT2D eigenvalue weighted by Crippen LogP contribution is -2.40. The first-order valence-electron chi connectivity index (χ1n) is 10.9. The lowest BCUT2D eigenvalue weighted by Gasteiger charge is -2.31. The molecule has 2 heterocycles. The van der Waals surface area contributed by atoms with Crippen molar-refractivity contribution in [3.05, 3.63) is 87.9 Å². The molecule has 0 spiro atoms. The molecule has 4 rings (SSSR count). The number of likely N-dealkylation sites (tertiary alicyclic amines) is 1. The monoisotopic (exact) mass is 480 g/mol. The van der Waals surface area contributed by atoms with Crippen LogP contribution in [0, 0.1) is 12.8 Å². The minimum Gasteiger partial charge on any atom is -0.352 e. The Morgan fingerprint density at radius 3 is 2.26 bits per heavy atom. The van der Waals surface area contributed by atoms with Gasteiger partial charge in [0.05, 0.1) is 0 Å². The third kappa shape index (κ3) is 6.05. The number of hydrogen-bond acceptors (Lipinski definition) is 3. The van der Waals surface area contributed by atoms with E-state index in [1.54, 1.807) is 0 Å². The van der Waals surface area contributed by atoms with Crippen LogP contribution in [0.3, 0.4) is 0 Å². The molecule has 1 fully saturated rings. The Hall–Kier alpha value is -2.44. The van der Waals surface area contributed by atoms with Crippen molar-refractivity contribution in [2.45, 2.75) is 39.4 Å². The molecule has 6 heteroatoms. The molecule has 1 amide bonds. The van der Waals surface area contributed by atoms with Crippen LogP contribution in [-0.4, -0.2) is 33.4 Å². The first-order chi connectivity index (χ1) is 15.1. The van der Waals surface area contributed by atoms with Crippen LogP contribution < -0.4 is 5.32 Å².